The lowest BCUT2D eigenvalue weighted by Gasteiger charge is -2.36. The Morgan fingerprint density at radius 2 is 1.48 bits per heavy atom. The molecule has 3 aromatic rings. The number of benzene rings is 2. The van der Waals surface area contributed by atoms with Gasteiger partial charge in [0, 0.05) is 67.0 Å². The third-order valence-electron chi connectivity index (χ3n) is 5.51. The fourth-order valence-electron chi connectivity index (χ4n) is 3.73. The van der Waals surface area contributed by atoms with Crippen molar-refractivity contribution in [1.82, 2.24) is 9.88 Å². The van der Waals surface area contributed by atoms with Crippen LogP contribution in [-0.2, 0) is 0 Å². The van der Waals surface area contributed by atoms with Gasteiger partial charge >= 0.3 is 0 Å². The van der Waals surface area contributed by atoms with Gasteiger partial charge in [-0.05, 0) is 67.1 Å². The molecular formula is C25H26ClN3O2. The van der Waals surface area contributed by atoms with Crippen LogP contribution in [0, 0.1) is 0 Å². The molecule has 1 aliphatic rings. The number of nitrogens with zero attached hydrogens (tertiary/aromatic N) is 3. The maximum absolute atomic E-state index is 12.5. The van der Waals surface area contributed by atoms with Gasteiger partial charge in [0.15, 0.2) is 5.78 Å². The molecule has 160 valence electrons. The Labute approximate surface area is 188 Å². The Hall–Kier alpha value is -2.89. The monoisotopic (exact) mass is 435 g/mol. The molecule has 1 aromatic heterocycles. The first kappa shape index (κ1) is 21.3. The maximum Gasteiger partial charge on any atom is 0.193 e. The van der Waals surface area contributed by atoms with E-state index in [9.17, 15) is 4.79 Å². The highest BCUT2D eigenvalue weighted by Crippen LogP contribution is 2.18. The predicted octanol–water partition coefficient (Wildman–Crippen LogP) is 4.56. The van der Waals surface area contributed by atoms with Crippen LogP contribution in [0.3, 0.4) is 0 Å². The summed E-state index contributed by atoms with van der Waals surface area (Å²) in [5.74, 6) is 0.768. The minimum atomic E-state index is -0.0193. The minimum absolute atomic E-state index is 0.0193. The molecule has 1 aliphatic heterocycles. The van der Waals surface area contributed by atoms with Crippen LogP contribution < -0.4 is 9.64 Å². The van der Waals surface area contributed by atoms with Crippen molar-refractivity contribution in [3.05, 3.63) is 89.2 Å². The molecule has 0 spiro atoms. The van der Waals surface area contributed by atoms with E-state index in [1.54, 1.807) is 24.3 Å². The third-order valence-corrected chi connectivity index (χ3v) is 5.76. The zero-order valence-electron chi connectivity index (χ0n) is 17.4. The smallest absolute Gasteiger partial charge is 0.193 e. The van der Waals surface area contributed by atoms with E-state index in [0.29, 0.717) is 22.8 Å². The first-order valence-corrected chi connectivity index (χ1v) is 11.0. The summed E-state index contributed by atoms with van der Waals surface area (Å²) < 4.78 is 5.87. The van der Waals surface area contributed by atoms with Crippen LogP contribution >= 0.6 is 11.6 Å². The molecule has 6 heteroatoms. The second-order valence-corrected chi connectivity index (χ2v) is 8.03. The Morgan fingerprint density at radius 1 is 0.871 bits per heavy atom. The second kappa shape index (κ2) is 10.4. The van der Waals surface area contributed by atoms with E-state index in [4.69, 9.17) is 16.3 Å². The Bertz CT molecular complexity index is 970. The summed E-state index contributed by atoms with van der Waals surface area (Å²) in [4.78, 5) is 21.5. The fourth-order valence-corrected chi connectivity index (χ4v) is 3.86. The topological polar surface area (TPSA) is 45.7 Å². The first-order chi connectivity index (χ1) is 15.2. The molecule has 0 saturated carbocycles. The highest BCUT2D eigenvalue weighted by molar-refractivity contribution is 6.30. The van der Waals surface area contributed by atoms with Crippen LogP contribution in [0.25, 0.3) is 0 Å². The van der Waals surface area contributed by atoms with Gasteiger partial charge < -0.3 is 9.64 Å². The Morgan fingerprint density at radius 3 is 2.13 bits per heavy atom. The maximum atomic E-state index is 12.5. The zero-order chi connectivity index (χ0) is 21.5. The van der Waals surface area contributed by atoms with Crippen LogP contribution in [0.4, 0.5) is 5.69 Å². The lowest BCUT2D eigenvalue weighted by molar-refractivity contribution is 0.103. The molecule has 1 fully saturated rings. The highest BCUT2D eigenvalue weighted by atomic mass is 35.5. The van der Waals surface area contributed by atoms with Crippen LogP contribution in [0.2, 0.25) is 5.02 Å². The number of hydrogen-bond acceptors (Lipinski definition) is 5. The number of piperazine rings is 1. The summed E-state index contributed by atoms with van der Waals surface area (Å²) in [5, 5.41) is 0.621. The van der Waals surface area contributed by atoms with Crippen molar-refractivity contribution in [1.29, 1.82) is 0 Å². The number of rotatable bonds is 8. The average molecular weight is 436 g/mol. The first-order valence-electron chi connectivity index (χ1n) is 10.6. The summed E-state index contributed by atoms with van der Waals surface area (Å²) in [6, 6.07) is 18.4. The fraction of sp³-hybridized carbons (Fsp3) is 0.280. The molecule has 2 heterocycles. The molecule has 0 unspecified atom stereocenters. The van der Waals surface area contributed by atoms with Crippen LogP contribution in [0.1, 0.15) is 22.3 Å². The van der Waals surface area contributed by atoms with Gasteiger partial charge in [-0.3, -0.25) is 14.7 Å². The quantitative estimate of drug-likeness (QED) is 0.383. The molecule has 0 N–H and O–H groups in total. The van der Waals surface area contributed by atoms with Gasteiger partial charge in [0.2, 0.25) is 0 Å². The van der Waals surface area contributed by atoms with Gasteiger partial charge in [0.1, 0.15) is 5.75 Å². The van der Waals surface area contributed by atoms with Crippen molar-refractivity contribution in [2.75, 3.05) is 44.2 Å². The average Bonchev–Trinajstić information content (AvgIpc) is 2.83. The molecular weight excluding hydrogens is 410 g/mol. The van der Waals surface area contributed by atoms with E-state index in [2.05, 4.69) is 26.9 Å². The highest BCUT2D eigenvalue weighted by Gasteiger charge is 2.16. The van der Waals surface area contributed by atoms with Gasteiger partial charge in [-0.2, -0.15) is 0 Å². The largest absolute Gasteiger partial charge is 0.494 e. The molecule has 0 bridgehead atoms. The second-order valence-electron chi connectivity index (χ2n) is 7.60. The van der Waals surface area contributed by atoms with Gasteiger partial charge in [-0.15, -0.1) is 0 Å². The summed E-state index contributed by atoms with van der Waals surface area (Å²) >= 11 is 5.89. The van der Waals surface area contributed by atoms with Gasteiger partial charge in [0.25, 0.3) is 0 Å². The van der Waals surface area contributed by atoms with Crippen molar-refractivity contribution in [3.63, 3.8) is 0 Å². The number of carbonyl (C=O) groups excluding carboxylic acids is 1. The minimum Gasteiger partial charge on any atom is -0.494 e. The predicted molar refractivity (Wildman–Crippen MR) is 124 cm³/mol. The van der Waals surface area contributed by atoms with Crippen molar-refractivity contribution in [2.45, 2.75) is 6.42 Å². The number of aromatic nitrogens is 1. The van der Waals surface area contributed by atoms with E-state index < -0.39 is 0 Å². The Kier molecular flexibility index (Phi) is 7.18. The number of halogens is 1. The summed E-state index contributed by atoms with van der Waals surface area (Å²) in [5.41, 5.74) is 2.51. The van der Waals surface area contributed by atoms with E-state index >= 15 is 0 Å². The molecule has 31 heavy (non-hydrogen) atoms. The molecule has 4 rings (SSSR count). The van der Waals surface area contributed by atoms with Gasteiger partial charge in [0.05, 0.1) is 6.61 Å². The summed E-state index contributed by atoms with van der Waals surface area (Å²) in [7, 11) is 0. The van der Waals surface area contributed by atoms with Gasteiger partial charge in [-0.1, -0.05) is 11.6 Å². The number of ether oxygens (including phenoxy) is 1. The van der Waals surface area contributed by atoms with E-state index in [1.165, 1.54) is 5.69 Å². The molecule has 0 amide bonds. The number of pyridine rings is 1. The zero-order valence-corrected chi connectivity index (χ0v) is 18.2. The van der Waals surface area contributed by atoms with Gasteiger partial charge in [-0.25, -0.2) is 0 Å². The number of carbonyl (C=O) groups is 1. The van der Waals surface area contributed by atoms with Crippen molar-refractivity contribution in [3.8, 4) is 5.75 Å². The van der Waals surface area contributed by atoms with Crippen LogP contribution in [0.5, 0.6) is 5.75 Å². The number of anilines is 1. The molecule has 0 aliphatic carbocycles. The van der Waals surface area contributed by atoms with Crippen LogP contribution in [0.15, 0.2) is 73.1 Å². The molecule has 0 atom stereocenters. The van der Waals surface area contributed by atoms with E-state index in [1.807, 2.05) is 36.7 Å². The lowest BCUT2D eigenvalue weighted by Crippen LogP contribution is -2.46. The molecule has 2 aromatic carbocycles. The normalized spacial score (nSPS) is 14.4. The number of ketones is 1. The van der Waals surface area contributed by atoms with Crippen molar-refractivity contribution in [2.24, 2.45) is 0 Å². The van der Waals surface area contributed by atoms with E-state index in [-0.39, 0.29) is 5.78 Å². The van der Waals surface area contributed by atoms with Crippen molar-refractivity contribution < 1.29 is 9.53 Å². The SMILES string of the molecule is O=C(c1ccc(Cl)cc1)c1ccc(OCCCN2CCN(c3ccncc3)CC2)cc1. The van der Waals surface area contributed by atoms with Crippen molar-refractivity contribution >= 4 is 23.1 Å². The summed E-state index contributed by atoms with van der Waals surface area (Å²) in [6.45, 7) is 5.88. The van der Waals surface area contributed by atoms with Crippen LogP contribution in [-0.4, -0.2) is 55.0 Å². The molecule has 1 saturated heterocycles. The Balaban J connectivity index is 1.18. The molecule has 0 radical (unpaired) electrons. The lowest BCUT2D eigenvalue weighted by atomic mass is 10.0. The standard InChI is InChI=1S/C25H26ClN3O2/c26-22-6-2-20(3-7-22)25(30)21-4-8-24(9-5-21)31-19-1-14-28-15-17-29(18-16-28)23-10-12-27-13-11-23/h2-13H,1,14-19H2. The number of hydrogen-bond donors (Lipinski definition) is 0. The molecule has 5 nitrogen and oxygen atoms in total. The third kappa shape index (κ3) is 5.84. The summed E-state index contributed by atoms with van der Waals surface area (Å²) in [6.07, 6.45) is 4.67. The van der Waals surface area contributed by atoms with E-state index in [0.717, 1.165) is 44.9 Å².